The first-order valence-electron chi connectivity index (χ1n) is 10.7. The molecule has 1 fully saturated rings. The van der Waals surface area contributed by atoms with Crippen LogP contribution in [0, 0.1) is 5.92 Å². The van der Waals surface area contributed by atoms with E-state index in [0.717, 1.165) is 0 Å². The van der Waals surface area contributed by atoms with E-state index in [1.54, 1.807) is 26.8 Å². The zero-order valence-electron chi connectivity index (χ0n) is 19.6. The Morgan fingerprint density at radius 1 is 1.12 bits per heavy atom. The highest BCUT2D eigenvalue weighted by molar-refractivity contribution is 7.91. The summed E-state index contributed by atoms with van der Waals surface area (Å²) in [6, 6.07) is 3.22. The Morgan fingerprint density at radius 2 is 1.73 bits per heavy atom. The first kappa shape index (κ1) is 26.4. The van der Waals surface area contributed by atoms with E-state index in [0.29, 0.717) is 24.5 Å². The Kier molecular flexibility index (Phi) is 9.09. The summed E-state index contributed by atoms with van der Waals surface area (Å²) in [5.41, 5.74) is 0.236. The van der Waals surface area contributed by atoms with Gasteiger partial charge in [-0.25, -0.2) is 13.2 Å². The van der Waals surface area contributed by atoms with E-state index < -0.39 is 46.3 Å². The number of methoxy groups -OCH3 is 2. The smallest absolute Gasteiger partial charge is 0.329 e. The molecule has 0 spiro atoms. The number of nitrogens with zero attached hydrogens (tertiary/aromatic N) is 1. The molecular weight excluding hydrogens is 452 g/mol. The molecule has 0 bridgehead atoms. The quantitative estimate of drug-likeness (QED) is 0.488. The zero-order valence-corrected chi connectivity index (χ0v) is 20.4. The minimum absolute atomic E-state index is 0.0394. The molecular formula is C22H32N2O8S. The van der Waals surface area contributed by atoms with Crippen molar-refractivity contribution in [2.24, 2.45) is 5.92 Å². The van der Waals surface area contributed by atoms with E-state index in [1.165, 1.54) is 31.3 Å². The van der Waals surface area contributed by atoms with Crippen molar-refractivity contribution in [2.45, 2.75) is 39.3 Å². The second kappa shape index (κ2) is 11.4. The van der Waals surface area contributed by atoms with Crippen molar-refractivity contribution in [2.75, 3.05) is 38.9 Å². The van der Waals surface area contributed by atoms with Crippen LogP contribution in [0.4, 0.5) is 0 Å². The first-order valence-corrected chi connectivity index (χ1v) is 12.5. The van der Waals surface area contributed by atoms with E-state index in [1.807, 2.05) is 0 Å². The summed E-state index contributed by atoms with van der Waals surface area (Å²) in [6.45, 7) is 4.99. The number of benzene rings is 1. The highest BCUT2D eigenvalue weighted by atomic mass is 32.2. The molecule has 0 aromatic heterocycles. The van der Waals surface area contributed by atoms with Gasteiger partial charge in [0.15, 0.2) is 16.4 Å². The molecule has 1 aliphatic heterocycles. The molecule has 0 aliphatic carbocycles. The number of nitrogens with one attached hydrogen (secondary N) is 1. The lowest BCUT2D eigenvalue weighted by Gasteiger charge is -2.27. The molecule has 1 heterocycles. The summed E-state index contributed by atoms with van der Waals surface area (Å²) >= 11 is 0. The summed E-state index contributed by atoms with van der Waals surface area (Å²) in [4.78, 5) is 39.5. The van der Waals surface area contributed by atoms with E-state index in [-0.39, 0.29) is 23.0 Å². The molecule has 11 heteroatoms. The van der Waals surface area contributed by atoms with Gasteiger partial charge >= 0.3 is 5.97 Å². The molecule has 10 nitrogen and oxygen atoms in total. The van der Waals surface area contributed by atoms with Crippen molar-refractivity contribution in [3.8, 4) is 11.5 Å². The molecule has 2 rings (SSSR count). The SMILES string of the molecule is CCN(C(=O)COC(=O)C(NC(=O)c1cc(OC)cc(OC)c1)C(C)C)C1CCS(=O)(=O)C1. The van der Waals surface area contributed by atoms with Crippen molar-refractivity contribution in [3.63, 3.8) is 0 Å². The molecule has 2 amide bonds. The lowest BCUT2D eigenvalue weighted by atomic mass is 10.0. The number of sulfone groups is 1. The molecule has 1 aliphatic rings. The van der Waals surface area contributed by atoms with Crippen LogP contribution in [0.25, 0.3) is 0 Å². The third-order valence-electron chi connectivity index (χ3n) is 5.47. The molecule has 0 saturated carbocycles. The minimum Gasteiger partial charge on any atom is -0.497 e. The topological polar surface area (TPSA) is 128 Å². The fourth-order valence-electron chi connectivity index (χ4n) is 3.63. The van der Waals surface area contributed by atoms with Crippen LogP contribution in [-0.2, 0) is 24.2 Å². The highest BCUT2D eigenvalue weighted by Gasteiger charge is 2.34. The van der Waals surface area contributed by atoms with E-state index >= 15 is 0 Å². The summed E-state index contributed by atoms with van der Waals surface area (Å²) in [5.74, 6) is -1.28. The van der Waals surface area contributed by atoms with Crippen LogP contribution in [0.5, 0.6) is 11.5 Å². The molecule has 2 unspecified atom stereocenters. The van der Waals surface area contributed by atoms with Crippen molar-refractivity contribution in [1.29, 1.82) is 0 Å². The van der Waals surface area contributed by atoms with Crippen molar-refractivity contribution < 1.29 is 37.0 Å². The second-order valence-corrected chi connectivity index (χ2v) is 10.4. The number of carbonyl (C=O) groups excluding carboxylic acids is 3. The van der Waals surface area contributed by atoms with Gasteiger partial charge in [0.05, 0.1) is 25.7 Å². The number of likely N-dealkylation sites (N-methyl/N-ethyl adjacent to an activating group) is 1. The highest BCUT2D eigenvalue weighted by Crippen LogP contribution is 2.23. The predicted octanol–water partition coefficient (Wildman–Crippen LogP) is 1.04. The largest absolute Gasteiger partial charge is 0.497 e. The van der Waals surface area contributed by atoms with Gasteiger partial charge in [-0.1, -0.05) is 13.8 Å². The van der Waals surface area contributed by atoms with Crippen LogP contribution in [0.2, 0.25) is 0 Å². The van der Waals surface area contributed by atoms with Crippen molar-refractivity contribution in [1.82, 2.24) is 10.2 Å². The molecule has 184 valence electrons. The first-order chi connectivity index (χ1) is 15.5. The molecule has 33 heavy (non-hydrogen) atoms. The predicted molar refractivity (Wildman–Crippen MR) is 121 cm³/mol. The lowest BCUT2D eigenvalue weighted by molar-refractivity contribution is -0.155. The Bertz CT molecular complexity index is 954. The van der Waals surface area contributed by atoms with Gasteiger partial charge in [-0.3, -0.25) is 9.59 Å². The third kappa shape index (κ3) is 7.08. The average molecular weight is 485 g/mol. The fourth-order valence-corrected chi connectivity index (χ4v) is 5.36. The maximum Gasteiger partial charge on any atom is 0.329 e. The maximum absolute atomic E-state index is 12.8. The lowest BCUT2D eigenvalue weighted by Crippen LogP contribution is -2.47. The number of amides is 2. The Hall–Kier alpha value is -2.82. The van der Waals surface area contributed by atoms with Crippen LogP contribution in [-0.4, -0.2) is 82.1 Å². The number of carbonyl (C=O) groups is 3. The molecule has 1 aromatic carbocycles. The van der Waals surface area contributed by atoms with Gasteiger partial charge in [0.25, 0.3) is 11.8 Å². The normalized spacial score (nSPS) is 17.8. The standard InChI is InChI=1S/C22H32N2O8S/c1-6-24(16-7-8-33(28,29)13-16)19(25)12-32-22(27)20(14(2)3)23-21(26)15-9-17(30-4)11-18(10-15)31-5/h9-11,14,16,20H,6-8,12-13H2,1-5H3,(H,23,26). The second-order valence-electron chi connectivity index (χ2n) is 8.14. The van der Waals surface area contributed by atoms with E-state index in [9.17, 15) is 22.8 Å². The van der Waals surface area contributed by atoms with Crippen molar-refractivity contribution in [3.05, 3.63) is 23.8 Å². The number of hydrogen-bond donors (Lipinski definition) is 1. The number of hydrogen-bond acceptors (Lipinski definition) is 8. The summed E-state index contributed by atoms with van der Waals surface area (Å²) in [6.07, 6.45) is 0.366. The van der Waals surface area contributed by atoms with Gasteiger partial charge in [0.2, 0.25) is 0 Å². The molecule has 0 radical (unpaired) electrons. The van der Waals surface area contributed by atoms with E-state index in [4.69, 9.17) is 14.2 Å². The number of esters is 1. The maximum atomic E-state index is 12.8. The Morgan fingerprint density at radius 3 is 2.18 bits per heavy atom. The summed E-state index contributed by atoms with van der Waals surface area (Å²) in [5, 5.41) is 2.64. The Balaban J connectivity index is 2.03. The molecule has 2 atom stereocenters. The van der Waals surface area contributed by atoms with Crippen molar-refractivity contribution >= 4 is 27.6 Å². The van der Waals surface area contributed by atoms with Gasteiger partial charge in [-0.2, -0.15) is 0 Å². The van der Waals surface area contributed by atoms with Gasteiger partial charge in [-0.05, 0) is 31.4 Å². The van der Waals surface area contributed by atoms with Crippen LogP contribution < -0.4 is 14.8 Å². The molecule has 1 aromatic rings. The third-order valence-corrected chi connectivity index (χ3v) is 7.22. The fraction of sp³-hybridized carbons (Fsp3) is 0.591. The average Bonchev–Trinajstić information content (AvgIpc) is 3.14. The van der Waals surface area contributed by atoms with Crippen LogP contribution >= 0.6 is 0 Å². The van der Waals surface area contributed by atoms with Crippen LogP contribution in [0.15, 0.2) is 18.2 Å². The zero-order chi connectivity index (χ0) is 24.8. The van der Waals surface area contributed by atoms with Crippen LogP contribution in [0.1, 0.15) is 37.6 Å². The molecule has 1 saturated heterocycles. The number of rotatable bonds is 10. The monoisotopic (exact) mass is 484 g/mol. The molecule has 1 N–H and O–H groups in total. The van der Waals surface area contributed by atoms with Gasteiger partial charge in [0, 0.05) is 24.2 Å². The minimum atomic E-state index is -3.16. The van der Waals surface area contributed by atoms with Gasteiger partial charge in [-0.15, -0.1) is 0 Å². The number of ether oxygens (including phenoxy) is 3. The van der Waals surface area contributed by atoms with Crippen LogP contribution in [0.3, 0.4) is 0 Å². The van der Waals surface area contributed by atoms with Gasteiger partial charge < -0.3 is 24.4 Å². The summed E-state index contributed by atoms with van der Waals surface area (Å²) in [7, 11) is -0.236. The van der Waals surface area contributed by atoms with E-state index in [2.05, 4.69) is 5.32 Å². The Labute approximate surface area is 194 Å². The van der Waals surface area contributed by atoms with Gasteiger partial charge in [0.1, 0.15) is 17.5 Å². The summed E-state index contributed by atoms with van der Waals surface area (Å²) < 4.78 is 39.0.